The Balaban J connectivity index is 1.40. The molecule has 0 aliphatic carbocycles. The van der Waals surface area contributed by atoms with Crippen molar-refractivity contribution in [1.82, 2.24) is 18.0 Å². The molecule has 5 rings (SSSR count). The minimum Gasteiger partial charge on any atom is -0.494 e. The summed E-state index contributed by atoms with van der Waals surface area (Å²) in [5.41, 5.74) is 1.60. The third-order valence-electron chi connectivity index (χ3n) is 5.24. The van der Waals surface area contributed by atoms with E-state index in [0.717, 1.165) is 27.7 Å². The second kappa shape index (κ2) is 8.35. The van der Waals surface area contributed by atoms with Crippen LogP contribution in [0.3, 0.4) is 0 Å². The highest BCUT2D eigenvalue weighted by Crippen LogP contribution is 2.32. The average molecular weight is 490 g/mol. The van der Waals surface area contributed by atoms with Crippen LogP contribution < -0.4 is 10.1 Å². The van der Waals surface area contributed by atoms with E-state index in [0.29, 0.717) is 35.6 Å². The van der Waals surface area contributed by atoms with E-state index >= 15 is 0 Å². The van der Waals surface area contributed by atoms with Crippen LogP contribution in [0.15, 0.2) is 41.3 Å². The maximum Gasteiger partial charge on any atom is 0.246 e. The Bertz CT molecular complexity index is 1420. The van der Waals surface area contributed by atoms with Crippen LogP contribution in [0.2, 0.25) is 0 Å². The molecule has 1 N–H and O–H groups in total. The third kappa shape index (κ3) is 3.72. The van der Waals surface area contributed by atoms with Gasteiger partial charge in [-0.2, -0.15) is 13.1 Å². The predicted molar refractivity (Wildman–Crippen MR) is 124 cm³/mol. The number of fused-ring (bicyclic) bond motifs is 2. The second-order valence-electron chi connectivity index (χ2n) is 7.23. The van der Waals surface area contributed by atoms with Gasteiger partial charge in [-0.15, -0.1) is 0 Å². The smallest absolute Gasteiger partial charge is 0.246 e. The summed E-state index contributed by atoms with van der Waals surface area (Å²) in [5, 5.41) is 3.23. The van der Waals surface area contributed by atoms with E-state index in [-0.39, 0.29) is 11.4 Å². The Kier molecular flexibility index (Phi) is 5.53. The van der Waals surface area contributed by atoms with Gasteiger partial charge in [0.15, 0.2) is 5.13 Å². The summed E-state index contributed by atoms with van der Waals surface area (Å²) in [6, 6.07) is 9.59. The van der Waals surface area contributed by atoms with E-state index in [9.17, 15) is 13.2 Å². The predicted octanol–water partition coefficient (Wildman–Crippen LogP) is 3.49. The second-order valence-corrected chi connectivity index (χ2v) is 10.7. The SMILES string of the molecule is CCOc1ccc2nc(NC(=O)[C@H]3CCCN3S(=O)(=O)c3cccc4nsnc34)sc2c1. The quantitative estimate of drug-likeness (QED) is 0.441. The number of amides is 1. The molecule has 2 aromatic carbocycles. The molecule has 1 aliphatic rings. The van der Waals surface area contributed by atoms with Gasteiger partial charge in [0.05, 0.1) is 28.6 Å². The zero-order valence-corrected chi connectivity index (χ0v) is 19.5. The molecular weight excluding hydrogens is 470 g/mol. The number of nitrogens with zero attached hydrogens (tertiary/aromatic N) is 4. The fraction of sp³-hybridized carbons (Fsp3) is 0.300. The summed E-state index contributed by atoms with van der Waals surface area (Å²) in [7, 11) is -3.92. The normalized spacial score (nSPS) is 17.2. The van der Waals surface area contributed by atoms with Gasteiger partial charge in [-0.05, 0) is 50.1 Å². The maximum absolute atomic E-state index is 13.4. The van der Waals surface area contributed by atoms with Gasteiger partial charge in [0.1, 0.15) is 27.7 Å². The molecule has 1 aliphatic heterocycles. The number of thiazole rings is 1. The molecule has 1 atom stereocenters. The summed E-state index contributed by atoms with van der Waals surface area (Å²) >= 11 is 2.29. The third-order valence-corrected chi connectivity index (χ3v) is 8.66. The molecule has 1 fully saturated rings. The number of benzene rings is 2. The van der Waals surface area contributed by atoms with Crippen LogP contribution in [-0.2, 0) is 14.8 Å². The Morgan fingerprint density at radius 3 is 2.97 bits per heavy atom. The van der Waals surface area contributed by atoms with E-state index in [2.05, 4.69) is 19.0 Å². The van der Waals surface area contributed by atoms with Crippen molar-refractivity contribution in [3.63, 3.8) is 0 Å². The highest BCUT2D eigenvalue weighted by Gasteiger charge is 2.40. The van der Waals surface area contributed by atoms with Gasteiger partial charge in [0.2, 0.25) is 15.9 Å². The van der Waals surface area contributed by atoms with Crippen molar-refractivity contribution in [2.45, 2.75) is 30.7 Å². The van der Waals surface area contributed by atoms with Crippen LogP contribution >= 0.6 is 23.1 Å². The maximum atomic E-state index is 13.4. The molecule has 12 heteroatoms. The van der Waals surface area contributed by atoms with Gasteiger partial charge in [0, 0.05) is 6.54 Å². The summed E-state index contributed by atoms with van der Waals surface area (Å²) in [6.45, 7) is 2.74. The zero-order chi connectivity index (χ0) is 22.3. The molecule has 1 amide bonds. The number of aromatic nitrogens is 3. The van der Waals surface area contributed by atoms with Crippen LogP contribution in [0, 0.1) is 0 Å². The van der Waals surface area contributed by atoms with Crippen molar-refractivity contribution in [3.05, 3.63) is 36.4 Å². The molecule has 1 saturated heterocycles. The van der Waals surface area contributed by atoms with E-state index in [1.54, 1.807) is 12.1 Å². The first-order chi connectivity index (χ1) is 15.5. The van der Waals surface area contributed by atoms with Crippen molar-refractivity contribution in [1.29, 1.82) is 0 Å². The average Bonchev–Trinajstić information content (AvgIpc) is 3.51. The first kappa shape index (κ1) is 21.2. The van der Waals surface area contributed by atoms with Crippen molar-refractivity contribution in [2.75, 3.05) is 18.5 Å². The minimum absolute atomic E-state index is 0.0758. The van der Waals surface area contributed by atoms with Crippen LogP contribution in [0.5, 0.6) is 5.75 Å². The molecular formula is C20H19N5O4S3. The first-order valence-corrected chi connectivity index (χ1v) is 13.0. The highest BCUT2D eigenvalue weighted by molar-refractivity contribution is 7.89. The first-order valence-electron chi connectivity index (χ1n) is 10.0. The van der Waals surface area contributed by atoms with Crippen LogP contribution in [0.25, 0.3) is 21.3 Å². The minimum atomic E-state index is -3.92. The van der Waals surface area contributed by atoms with Gasteiger partial charge in [-0.3, -0.25) is 4.79 Å². The van der Waals surface area contributed by atoms with Crippen LogP contribution in [0.1, 0.15) is 19.8 Å². The topological polar surface area (TPSA) is 114 Å². The molecule has 0 radical (unpaired) electrons. The number of ether oxygens (including phenoxy) is 1. The highest BCUT2D eigenvalue weighted by atomic mass is 32.2. The van der Waals surface area contributed by atoms with Gasteiger partial charge in [-0.25, -0.2) is 13.4 Å². The van der Waals surface area contributed by atoms with Gasteiger partial charge >= 0.3 is 0 Å². The Morgan fingerprint density at radius 2 is 2.12 bits per heavy atom. The number of rotatable bonds is 6. The zero-order valence-electron chi connectivity index (χ0n) is 17.0. The van der Waals surface area contributed by atoms with E-state index < -0.39 is 22.0 Å². The monoisotopic (exact) mass is 489 g/mol. The number of sulfonamides is 1. The number of carbonyl (C=O) groups is 1. The molecule has 0 spiro atoms. The standard InChI is InChI=1S/C20H19N5O4S3/c1-2-29-12-8-9-13-16(11-12)30-20(21-13)22-19(26)15-6-4-10-25(15)32(27,28)17-7-3-5-14-18(17)24-31-23-14/h3,5,7-9,11,15H,2,4,6,10H2,1H3,(H,21,22,26)/t15-/m1/s1. The molecule has 4 aromatic rings. The molecule has 2 aromatic heterocycles. The number of hydrogen-bond acceptors (Lipinski definition) is 9. The number of nitrogens with one attached hydrogen (secondary N) is 1. The lowest BCUT2D eigenvalue weighted by molar-refractivity contribution is -0.119. The molecule has 3 heterocycles. The lowest BCUT2D eigenvalue weighted by atomic mass is 10.2. The van der Waals surface area contributed by atoms with Gasteiger partial charge in [-0.1, -0.05) is 17.4 Å². The fourth-order valence-electron chi connectivity index (χ4n) is 3.81. The van der Waals surface area contributed by atoms with Crippen molar-refractivity contribution in [3.8, 4) is 5.75 Å². The number of anilines is 1. The summed E-state index contributed by atoms with van der Waals surface area (Å²) in [4.78, 5) is 17.6. The van der Waals surface area contributed by atoms with Gasteiger partial charge in [0.25, 0.3) is 0 Å². The van der Waals surface area contributed by atoms with Crippen molar-refractivity contribution in [2.24, 2.45) is 0 Å². The molecule has 0 bridgehead atoms. The van der Waals surface area contributed by atoms with Gasteiger partial charge < -0.3 is 10.1 Å². The molecule has 0 saturated carbocycles. The molecule has 166 valence electrons. The van der Waals surface area contributed by atoms with Crippen LogP contribution in [0.4, 0.5) is 5.13 Å². The lowest BCUT2D eigenvalue weighted by Gasteiger charge is -2.23. The van der Waals surface area contributed by atoms with Crippen molar-refractivity contribution >= 4 is 65.4 Å². The summed E-state index contributed by atoms with van der Waals surface area (Å²) in [5.74, 6) is 0.346. The summed E-state index contributed by atoms with van der Waals surface area (Å²) < 4.78 is 42.7. The van der Waals surface area contributed by atoms with Crippen molar-refractivity contribution < 1.29 is 17.9 Å². The van der Waals surface area contributed by atoms with E-state index in [1.165, 1.54) is 21.7 Å². The lowest BCUT2D eigenvalue weighted by Crippen LogP contribution is -2.43. The molecule has 0 unspecified atom stereocenters. The molecule has 9 nitrogen and oxygen atoms in total. The molecule has 32 heavy (non-hydrogen) atoms. The Hall–Kier alpha value is -2.67. The number of hydrogen-bond donors (Lipinski definition) is 1. The largest absolute Gasteiger partial charge is 0.494 e. The number of carbonyl (C=O) groups excluding carboxylic acids is 1. The van der Waals surface area contributed by atoms with E-state index in [1.807, 2.05) is 25.1 Å². The Labute approximate surface area is 192 Å². The van der Waals surface area contributed by atoms with Crippen LogP contribution in [-0.4, -0.2) is 51.6 Å². The fourth-order valence-corrected chi connectivity index (χ4v) is 7.12. The summed E-state index contributed by atoms with van der Waals surface area (Å²) in [6.07, 6.45) is 1.04. The van der Waals surface area contributed by atoms with E-state index in [4.69, 9.17) is 4.74 Å². The Morgan fingerprint density at radius 1 is 1.25 bits per heavy atom.